The molecule has 3 nitrogen and oxygen atoms in total. The van der Waals surface area contributed by atoms with Crippen molar-refractivity contribution >= 4 is 23.0 Å². The molecule has 0 aliphatic heterocycles. The second-order valence-electron chi connectivity index (χ2n) is 1.84. The van der Waals surface area contributed by atoms with E-state index < -0.39 is 10.1 Å². The van der Waals surface area contributed by atoms with E-state index in [-0.39, 0.29) is 34.5 Å². The zero-order valence-corrected chi connectivity index (χ0v) is 10.1. The summed E-state index contributed by atoms with van der Waals surface area (Å²) in [5.74, 6) is 0. The van der Waals surface area contributed by atoms with Crippen LogP contribution in [0.25, 0.3) is 0 Å². The molecule has 0 bridgehead atoms. The Morgan fingerprint density at radius 1 is 1.17 bits per heavy atom. The molecule has 0 saturated carbocycles. The maximum atomic E-state index is 10.9. The van der Waals surface area contributed by atoms with Crippen LogP contribution in [0.15, 0.2) is 35.2 Å². The molecule has 0 fully saturated rings. The Kier molecular flexibility index (Phi) is 5.47. The van der Waals surface area contributed by atoms with E-state index in [9.17, 15) is 8.42 Å². The maximum absolute atomic E-state index is 10.9. The molecule has 0 aliphatic carbocycles. The Labute approximate surface area is 99.2 Å². The summed E-state index contributed by atoms with van der Waals surface area (Å²) in [5, 5.41) is 0. The van der Waals surface area contributed by atoms with E-state index >= 15 is 0 Å². The zero-order chi connectivity index (χ0) is 8.32. The van der Waals surface area contributed by atoms with Gasteiger partial charge in [0.2, 0.25) is 0 Å². The molecule has 0 aromatic heterocycles. The van der Waals surface area contributed by atoms with Crippen LogP contribution in [-0.4, -0.2) is 8.42 Å². The molecule has 0 saturated heterocycles. The number of benzene rings is 1. The summed E-state index contributed by atoms with van der Waals surface area (Å²) in [5.41, 5.74) is 0. The van der Waals surface area contributed by atoms with Gasteiger partial charge >= 0.3 is 29.6 Å². The van der Waals surface area contributed by atoms with Crippen molar-refractivity contribution in [3.63, 3.8) is 0 Å². The fourth-order valence-electron chi connectivity index (χ4n) is 0.626. The van der Waals surface area contributed by atoms with E-state index in [1.165, 1.54) is 12.1 Å². The van der Waals surface area contributed by atoms with Crippen LogP contribution in [0.4, 0.5) is 0 Å². The molecule has 0 aliphatic rings. The van der Waals surface area contributed by atoms with E-state index in [2.05, 4.69) is 16.5 Å². The summed E-state index contributed by atoms with van der Waals surface area (Å²) in [7, 11) is -3.68. The third kappa shape index (κ3) is 3.08. The first kappa shape index (κ1) is 12.5. The van der Waals surface area contributed by atoms with E-state index in [0.717, 1.165) is 0 Å². The first-order chi connectivity index (χ1) is 5.17. The Bertz CT molecular complexity index is 322. The largest absolute Gasteiger partial charge is 1.00 e. The third-order valence-electron chi connectivity index (χ3n) is 1.12. The molecular formula is C6H5NaO3S2. The first-order valence-corrected chi connectivity index (χ1v) is 4.52. The quantitative estimate of drug-likeness (QED) is 0.414. The van der Waals surface area contributed by atoms with Gasteiger partial charge in [-0.3, -0.25) is 0 Å². The average molecular weight is 212 g/mol. The summed E-state index contributed by atoms with van der Waals surface area (Å²) in [6.45, 7) is 0. The molecule has 0 heterocycles. The zero-order valence-electron chi connectivity index (χ0n) is 6.43. The standard InChI is InChI=1S/C6H6O3S2.Na/c7-11(8,9-10)6-4-2-1-3-5-6;/h1-5,10H;/q;+1/p-1. The summed E-state index contributed by atoms with van der Waals surface area (Å²) in [6, 6.07) is 7.74. The molecule has 0 amide bonds. The molecular weight excluding hydrogens is 207 g/mol. The summed E-state index contributed by atoms with van der Waals surface area (Å²) in [4.78, 5) is 0.0787. The van der Waals surface area contributed by atoms with Gasteiger partial charge in [-0.1, -0.05) is 18.2 Å². The van der Waals surface area contributed by atoms with Crippen molar-refractivity contribution in [3.8, 4) is 0 Å². The third-order valence-corrected chi connectivity index (χ3v) is 2.69. The van der Waals surface area contributed by atoms with Crippen LogP contribution in [0.3, 0.4) is 0 Å². The van der Waals surface area contributed by atoms with E-state index in [4.69, 9.17) is 0 Å². The molecule has 1 aromatic carbocycles. The predicted molar refractivity (Wildman–Crippen MR) is 42.1 cm³/mol. The topological polar surface area (TPSA) is 43.4 Å². The van der Waals surface area contributed by atoms with Gasteiger partial charge in [-0.25, -0.2) is 0 Å². The molecule has 0 atom stereocenters. The molecule has 1 rings (SSSR count). The molecule has 0 N–H and O–H groups in total. The molecule has 1 aromatic rings. The van der Waals surface area contributed by atoms with E-state index in [1.807, 2.05) is 0 Å². The average Bonchev–Trinajstić information content (AvgIpc) is 2.06. The van der Waals surface area contributed by atoms with Crippen molar-refractivity contribution in [2.45, 2.75) is 4.90 Å². The van der Waals surface area contributed by atoms with Gasteiger partial charge in [0.1, 0.15) is 0 Å². The van der Waals surface area contributed by atoms with Crippen LogP contribution in [-0.2, 0) is 26.7 Å². The van der Waals surface area contributed by atoms with Crippen molar-refractivity contribution in [3.05, 3.63) is 30.3 Å². The Morgan fingerprint density at radius 2 is 1.67 bits per heavy atom. The van der Waals surface area contributed by atoms with Gasteiger partial charge < -0.3 is 16.5 Å². The van der Waals surface area contributed by atoms with Crippen molar-refractivity contribution in [1.82, 2.24) is 0 Å². The maximum Gasteiger partial charge on any atom is 1.00 e. The van der Waals surface area contributed by atoms with E-state index in [1.54, 1.807) is 18.2 Å². The number of rotatable bonds is 2. The monoisotopic (exact) mass is 212 g/mol. The second kappa shape index (κ2) is 5.26. The van der Waals surface area contributed by atoms with Crippen LogP contribution in [0.1, 0.15) is 0 Å². The molecule has 0 radical (unpaired) electrons. The Hall–Kier alpha value is 0.480. The summed E-state index contributed by atoms with van der Waals surface area (Å²) >= 11 is 3.98. The minimum atomic E-state index is -3.68. The summed E-state index contributed by atoms with van der Waals surface area (Å²) in [6.07, 6.45) is 0. The van der Waals surface area contributed by atoms with E-state index in [0.29, 0.717) is 0 Å². The van der Waals surface area contributed by atoms with Gasteiger partial charge in [0.25, 0.3) is 10.1 Å². The van der Waals surface area contributed by atoms with Crippen molar-refractivity contribution < 1.29 is 41.6 Å². The second-order valence-corrected chi connectivity index (χ2v) is 3.76. The molecule has 12 heavy (non-hydrogen) atoms. The van der Waals surface area contributed by atoms with Crippen LogP contribution in [0.2, 0.25) is 0 Å². The van der Waals surface area contributed by atoms with Gasteiger partial charge in [-0.15, -0.1) is 0 Å². The van der Waals surface area contributed by atoms with Gasteiger partial charge in [0.15, 0.2) is 0 Å². The molecule has 0 unspecified atom stereocenters. The smallest absolute Gasteiger partial charge is 0.602 e. The van der Waals surface area contributed by atoms with Gasteiger partial charge in [0.05, 0.1) is 4.90 Å². The minimum Gasteiger partial charge on any atom is -0.602 e. The first-order valence-electron chi connectivity index (χ1n) is 2.78. The SMILES string of the molecule is O=S(=O)(O[S-])c1ccccc1.[Na+]. The van der Waals surface area contributed by atoms with Crippen molar-refractivity contribution in [1.29, 1.82) is 0 Å². The summed E-state index contributed by atoms with van der Waals surface area (Å²) < 4.78 is 25.6. The van der Waals surface area contributed by atoms with Crippen LogP contribution < -0.4 is 29.6 Å². The van der Waals surface area contributed by atoms with Crippen LogP contribution in [0.5, 0.6) is 0 Å². The molecule has 0 spiro atoms. The van der Waals surface area contributed by atoms with Gasteiger partial charge in [0, 0.05) is 0 Å². The fourth-order valence-corrected chi connectivity index (χ4v) is 1.43. The number of hydrogen-bond donors (Lipinski definition) is 0. The van der Waals surface area contributed by atoms with Gasteiger partial charge in [-0.05, 0) is 12.1 Å². The predicted octanol–water partition coefficient (Wildman–Crippen LogP) is -2.14. The Balaban J connectivity index is 0.00000121. The van der Waals surface area contributed by atoms with Crippen molar-refractivity contribution in [2.24, 2.45) is 0 Å². The minimum absolute atomic E-state index is 0. The number of hydrogen-bond acceptors (Lipinski definition) is 4. The van der Waals surface area contributed by atoms with Crippen LogP contribution in [0, 0.1) is 0 Å². The van der Waals surface area contributed by atoms with Crippen LogP contribution >= 0.6 is 0 Å². The molecule has 6 heteroatoms. The van der Waals surface area contributed by atoms with Gasteiger partial charge in [-0.2, -0.15) is 8.42 Å². The Morgan fingerprint density at radius 3 is 2.08 bits per heavy atom. The molecule has 60 valence electrons. The fraction of sp³-hybridized carbons (Fsp3) is 0. The van der Waals surface area contributed by atoms with Crippen molar-refractivity contribution in [2.75, 3.05) is 0 Å². The normalized spacial score (nSPS) is 10.4.